The number of hydrogen-bond donors (Lipinski definition) is 2. The molecule has 0 spiro atoms. The van der Waals surface area contributed by atoms with Crippen LogP contribution in [0.1, 0.15) is 18.4 Å². The molecule has 0 bridgehead atoms. The number of nitrogens with one attached hydrogen (secondary N) is 2. The quantitative estimate of drug-likeness (QED) is 0.852. The zero-order valence-electron chi connectivity index (χ0n) is 10.0. The molecule has 1 aliphatic heterocycles. The van der Waals surface area contributed by atoms with Crippen LogP contribution in [0.25, 0.3) is 0 Å². The summed E-state index contributed by atoms with van der Waals surface area (Å²) in [5.74, 6) is -1.22. The number of benzene rings is 1. The van der Waals surface area contributed by atoms with Crippen molar-refractivity contribution in [2.45, 2.75) is 25.3 Å². The Balaban J connectivity index is 1.79. The summed E-state index contributed by atoms with van der Waals surface area (Å²) < 4.78 is 25.8. The van der Waals surface area contributed by atoms with E-state index >= 15 is 0 Å². The van der Waals surface area contributed by atoms with Crippen molar-refractivity contribution in [1.29, 1.82) is 0 Å². The van der Waals surface area contributed by atoms with Crippen LogP contribution < -0.4 is 10.6 Å². The van der Waals surface area contributed by atoms with E-state index in [0.717, 1.165) is 25.5 Å². The van der Waals surface area contributed by atoms with Gasteiger partial charge in [0, 0.05) is 12.6 Å². The number of rotatable bonds is 4. The molecule has 1 aliphatic rings. The molecule has 18 heavy (non-hydrogen) atoms. The second-order valence-corrected chi connectivity index (χ2v) is 4.47. The molecule has 98 valence electrons. The molecule has 1 aromatic carbocycles. The minimum Gasteiger partial charge on any atom is -0.354 e. The second-order valence-electron chi connectivity index (χ2n) is 4.47. The standard InChI is InChI=1S/C13H16F2N2O/c14-10-6-9(7-11(15)8-10)3-5-17-13(18)12-2-1-4-16-12/h6-8,12,16H,1-5H2,(H,17,18). The van der Waals surface area contributed by atoms with E-state index in [4.69, 9.17) is 0 Å². The zero-order valence-corrected chi connectivity index (χ0v) is 10.0. The predicted molar refractivity (Wildman–Crippen MR) is 64.1 cm³/mol. The molecule has 0 radical (unpaired) electrons. The zero-order chi connectivity index (χ0) is 13.0. The van der Waals surface area contributed by atoms with Gasteiger partial charge in [-0.2, -0.15) is 0 Å². The summed E-state index contributed by atoms with van der Waals surface area (Å²) in [7, 11) is 0. The van der Waals surface area contributed by atoms with Crippen molar-refractivity contribution in [3.05, 3.63) is 35.4 Å². The number of carbonyl (C=O) groups excluding carboxylic acids is 1. The largest absolute Gasteiger partial charge is 0.354 e. The Hall–Kier alpha value is -1.49. The van der Waals surface area contributed by atoms with Crippen LogP contribution >= 0.6 is 0 Å². The van der Waals surface area contributed by atoms with Gasteiger partial charge >= 0.3 is 0 Å². The molecule has 0 saturated carbocycles. The van der Waals surface area contributed by atoms with Crippen LogP contribution in [0.5, 0.6) is 0 Å². The molecule has 1 amide bonds. The van der Waals surface area contributed by atoms with Crippen LogP contribution in [0.15, 0.2) is 18.2 Å². The van der Waals surface area contributed by atoms with Crippen molar-refractivity contribution < 1.29 is 13.6 Å². The molecule has 1 aromatic rings. The van der Waals surface area contributed by atoms with Crippen molar-refractivity contribution in [2.75, 3.05) is 13.1 Å². The summed E-state index contributed by atoms with van der Waals surface area (Å²) in [4.78, 5) is 11.6. The molecule has 5 heteroatoms. The third-order valence-electron chi connectivity index (χ3n) is 3.01. The van der Waals surface area contributed by atoms with Gasteiger partial charge in [0.2, 0.25) is 5.91 Å². The minimum atomic E-state index is -0.589. The van der Waals surface area contributed by atoms with Gasteiger partial charge in [0.25, 0.3) is 0 Å². The molecule has 1 fully saturated rings. The van der Waals surface area contributed by atoms with Gasteiger partial charge in [0.15, 0.2) is 0 Å². The van der Waals surface area contributed by atoms with Crippen molar-refractivity contribution >= 4 is 5.91 Å². The first-order valence-electron chi connectivity index (χ1n) is 6.11. The highest BCUT2D eigenvalue weighted by molar-refractivity contribution is 5.81. The summed E-state index contributed by atoms with van der Waals surface area (Å²) in [6, 6.07) is 3.28. The topological polar surface area (TPSA) is 41.1 Å². The molecule has 1 unspecified atom stereocenters. The second kappa shape index (κ2) is 5.91. The average molecular weight is 254 g/mol. The fraction of sp³-hybridized carbons (Fsp3) is 0.462. The first-order chi connectivity index (χ1) is 8.65. The van der Waals surface area contributed by atoms with E-state index in [1.54, 1.807) is 0 Å². The van der Waals surface area contributed by atoms with E-state index in [9.17, 15) is 13.6 Å². The lowest BCUT2D eigenvalue weighted by molar-refractivity contribution is -0.122. The van der Waals surface area contributed by atoms with Crippen LogP contribution in [-0.2, 0) is 11.2 Å². The lowest BCUT2D eigenvalue weighted by Gasteiger charge is -2.11. The molecule has 3 nitrogen and oxygen atoms in total. The predicted octanol–water partition coefficient (Wildman–Crippen LogP) is 1.38. The van der Waals surface area contributed by atoms with E-state index in [1.807, 2.05) is 0 Å². The van der Waals surface area contributed by atoms with Crippen LogP contribution in [0.2, 0.25) is 0 Å². The Morgan fingerprint density at radius 3 is 2.67 bits per heavy atom. The van der Waals surface area contributed by atoms with Gasteiger partial charge in [-0.05, 0) is 43.5 Å². The molecule has 0 aliphatic carbocycles. The third-order valence-corrected chi connectivity index (χ3v) is 3.01. The molecular formula is C13H16F2N2O. The normalized spacial score (nSPS) is 18.9. The first kappa shape index (κ1) is 13.0. The van der Waals surface area contributed by atoms with Crippen molar-refractivity contribution in [1.82, 2.24) is 10.6 Å². The highest BCUT2D eigenvalue weighted by atomic mass is 19.1. The summed E-state index contributed by atoms with van der Waals surface area (Å²) in [6.07, 6.45) is 2.28. The molecule has 2 rings (SSSR count). The monoisotopic (exact) mass is 254 g/mol. The van der Waals surface area contributed by atoms with Crippen LogP contribution in [0.3, 0.4) is 0 Å². The minimum absolute atomic E-state index is 0.0376. The number of amides is 1. The van der Waals surface area contributed by atoms with Gasteiger partial charge < -0.3 is 10.6 Å². The van der Waals surface area contributed by atoms with Gasteiger partial charge in [-0.25, -0.2) is 8.78 Å². The van der Waals surface area contributed by atoms with E-state index in [2.05, 4.69) is 10.6 Å². The summed E-state index contributed by atoms with van der Waals surface area (Å²) in [6.45, 7) is 1.26. The maximum absolute atomic E-state index is 12.9. The van der Waals surface area contributed by atoms with Crippen LogP contribution in [0.4, 0.5) is 8.78 Å². The highest BCUT2D eigenvalue weighted by Gasteiger charge is 2.21. The van der Waals surface area contributed by atoms with Gasteiger partial charge in [-0.1, -0.05) is 0 Å². The number of hydrogen-bond acceptors (Lipinski definition) is 2. The van der Waals surface area contributed by atoms with Crippen molar-refractivity contribution in [2.24, 2.45) is 0 Å². The highest BCUT2D eigenvalue weighted by Crippen LogP contribution is 2.08. The molecule has 1 heterocycles. The van der Waals surface area contributed by atoms with Crippen LogP contribution in [-0.4, -0.2) is 25.0 Å². The lowest BCUT2D eigenvalue weighted by atomic mass is 10.1. The number of halogens is 2. The van der Waals surface area contributed by atoms with Crippen LogP contribution in [0, 0.1) is 11.6 Å². The van der Waals surface area contributed by atoms with E-state index in [-0.39, 0.29) is 11.9 Å². The van der Waals surface area contributed by atoms with E-state index < -0.39 is 11.6 Å². The van der Waals surface area contributed by atoms with Gasteiger partial charge in [-0.3, -0.25) is 4.79 Å². The Labute approximate surface area is 105 Å². The molecule has 1 atom stereocenters. The third kappa shape index (κ3) is 3.50. The fourth-order valence-electron chi connectivity index (χ4n) is 2.12. The maximum atomic E-state index is 12.9. The summed E-state index contributed by atoms with van der Waals surface area (Å²) in [5.41, 5.74) is 0.548. The molecular weight excluding hydrogens is 238 g/mol. The fourth-order valence-corrected chi connectivity index (χ4v) is 2.12. The summed E-state index contributed by atoms with van der Waals surface area (Å²) in [5, 5.41) is 5.86. The van der Waals surface area contributed by atoms with Crippen molar-refractivity contribution in [3.8, 4) is 0 Å². The SMILES string of the molecule is O=C(NCCc1cc(F)cc(F)c1)C1CCCN1. The Bertz CT molecular complexity index is 411. The van der Waals surface area contributed by atoms with Crippen molar-refractivity contribution in [3.63, 3.8) is 0 Å². The van der Waals surface area contributed by atoms with E-state index in [1.165, 1.54) is 12.1 Å². The molecule has 1 saturated heterocycles. The molecule has 2 N–H and O–H groups in total. The Morgan fingerprint density at radius 1 is 1.33 bits per heavy atom. The molecule has 0 aromatic heterocycles. The van der Waals surface area contributed by atoms with E-state index in [0.29, 0.717) is 18.5 Å². The average Bonchev–Trinajstić information content (AvgIpc) is 2.80. The Morgan fingerprint density at radius 2 is 2.06 bits per heavy atom. The van der Waals surface area contributed by atoms with Gasteiger partial charge in [0.05, 0.1) is 6.04 Å². The number of carbonyl (C=O) groups is 1. The van der Waals surface area contributed by atoms with Gasteiger partial charge in [0.1, 0.15) is 11.6 Å². The maximum Gasteiger partial charge on any atom is 0.237 e. The smallest absolute Gasteiger partial charge is 0.237 e. The van der Waals surface area contributed by atoms with Gasteiger partial charge in [-0.15, -0.1) is 0 Å². The first-order valence-corrected chi connectivity index (χ1v) is 6.11. The lowest BCUT2D eigenvalue weighted by Crippen LogP contribution is -2.41. The summed E-state index contributed by atoms with van der Waals surface area (Å²) >= 11 is 0. The Kier molecular flexibility index (Phi) is 4.25.